The van der Waals surface area contributed by atoms with Gasteiger partial charge in [0.15, 0.2) is 5.75 Å². The lowest BCUT2D eigenvalue weighted by molar-refractivity contribution is -0.141. The summed E-state index contributed by atoms with van der Waals surface area (Å²) in [7, 11) is 0. The maximum Gasteiger partial charge on any atom is 0.325 e. The highest BCUT2D eigenvalue weighted by atomic mass is 35.5. The molecule has 0 aliphatic heterocycles. The molecule has 0 aliphatic rings. The predicted molar refractivity (Wildman–Crippen MR) is 115 cm³/mol. The summed E-state index contributed by atoms with van der Waals surface area (Å²) in [6.07, 6.45) is -0.0818. The Morgan fingerprint density at radius 1 is 1.03 bits per heavy atom. The lowest BCUT2D eigenvalue weighted by atomic mass is 10.1. The Morgan fingerprint density at radius 3 is 2.10 bits per heavy atom. The minimum absolute atomic E-state index is 0.0818. The van der Waals surface area contributed by atoms with Crippen molar-refractivity contribution in [2.75, 3.05) is 5.32 Å². The molecule has 0 radical (unpaired) electrons. The lowest BCUT2D eigenvalue weighted by Crippen LogP contribution is -2.39. The minimum atomic E-state index is -1.13. The van der Waals surface area contributed by atoms with E-state index in [1.54, 1.807) is 38.1 Å². The summed E-state index contributed by atoms with van der Waals surface area (Å²) in [5.41, 5.74) is 1.15. The summed E-state index contributed by atoms with van der Waals surface area (Å²) in [5, 5.41) is 14.4. The van der Waals surface area contributed by atoms with Crippen molar-refractivity contribution in [3.8, 4) is 11.5 Å². The molecule has 160 valence electrons. The fraction of sp³-hybridized carbons (Fsp3) is 0.286. The van der Waals surface area contributed by atoms with Gasteiger partial charge in [-0.05, 0) is 48.9 Å². The number of carbonyl (C=O) groups is 3. The molecule has 0 fully saturated rings. The summed E-state index contributed by atoms with van der Waals surface area (Å²) in [4.78, 5) is 34.5. The smallest absolute Gasteiger partial charge is 0.325 e. The number of halogens is 2. The van der Waals surface area contributed by atoms with E-state index in [0.717, 1.165) is 0 Å². The third-order valence-electron chi connectivity index (χ3n) is 4.04. The number of anilines is 1. The molecular formula is C21H22Cl2N2O5. The zero-order valence-corrected chi connectivity index (χ0v) is 18.2. The number of rotatable bonds is 8. The average molecular weight is 453 g/mol. The van der Waals surface area contributed by atoms with Gasteiger partial charge in [0.1, 0.15) is 11.8 Å². The number of carbonyl (C=O) groups excluding carboxylic acids is 2. The van der Waals surface area contributed by atoms with Crippen LogP contribution in [0.25, 0.3) is 0 Å². The first kappa shape index (κ1) is 23.5. The molecule has 2 rings (SSSR count). The Bertz CT molecular complexity index is 922. The number of hydrogen-bond donors (Lipinski definition) is 3. The van der Waals surface area contributed by atoms with Gasteiger partial charge in [0.2, 0.25) is 11.8 Å². The second-order valence-corrected chi connectivity index (χ2v) is 7.78. The summed E-state index contributed by atoms with van der Waals surface area (Å²) >= 11 is 12.5. The number of benzene rings is 2. The summed E-state index contributed by atoms with van der Waals surface area (Å²) in [6, 6.07) is 8.78. The van der Waals surface area contributed by atoms with E-state index in [2.05, 4.69) is 10.6 Å². The Balaban J connectivity index is 2.08. The van der Waals surface area contributed by atoms with E-state index in [9.17, 15) is 14.4 Å². The molecule has 30 heavy (non-hydrogen) atoms. The molecule has 1 atom stereocenters. The van der Waals surface area contributed by atoms with E-state index in [4.69, 9.17) is 33.0 Å². The van der Waals surface area contributed by atoms with Crippen LogP contribution in [-0.2, 0) is 20.8 Å². The van der Waals surface area contributed by atoms with Gasteiger partial charge in [-0.1, -0.05) is 37.0 Å². The monoisotopic (exact) mass is 452 g/mol. The summed E-state index contributed by atoms with van der Waals surface area (Å²) < 4.78 is 5.75. The maximum absolute atomic E-state index is 12.0. The van der Waals surface area contributed by atoms with Gasteiger partial charge in [-0.15, -0.1) is 0 Å². The fourth-order valence-corrected chi connectivity index (χ4v) is 2.97. The number of carboxylic acids is 1. The van der Waals surface area contributed by atoms with Gasteiger partial charge in [-0.2, -0.15) is 0 Å². The van der Waals surface area contributed by atoms with Crippen LogP contribution in [0.15, 0.2) is 36.4 Å². The first-order chi connectivity index (χ1) is 14.1. The van der Waals surface area contributed by atoms with Crippen molar-refractivity contribution in [3.05, 3.63) is 52.0 Å². The van der Waals surface area contributed by atoms with E-state index in [0.29, 0.717) is 17.0 Å². The zero-order chi connectivity index (χ0) is 22.4. The van der Waals surface area contributed by atoms with Crippen LogP contribution in [0.1, 0.15) is 26.3 Å². The van der Waals surface area contributed by atoms with E-state index in [1.807, 2.05) is 0 Å². The van der Waals surface area contributed by atoms with Crippen molar-refractivity contribution >= 4 is 46.7 Å². The maximum atomic E-state index is 12.0. The van der Waals surface area contributed by atoms with Gasteiger partial charge >= 0.3 is 5.97 Å². The summed E-state index contributed by atoms with van der Waals surface area (Å²) in [6.45, 7) is 4.98. The molecule has 9 heteroatoms. The van der Waals surface area contributed by atoms with Crippen molar-refractivity contribution < 1.29 is 24.2 Å². The molecule has 0 saturated heterocycles. The Labute approximate surface area is 184 Å². The van der Waals surface area contributed by atoms with Crippen LogP contribution in [0.4, 0.5) is 5.69 Å². The quantitative estimate of drug-likeness (QED) is 0.546. The van der Waals surface area contributed by atoms with E-state index in [-0.39, 0.29) is 34.0 Å². The van der Waals surface area contributed by atoms with Crippen molar-refractivity contribution in [2.45, 2.75) is 33.2 Å². The third-order valence-corrected chi connectivity index (χ3v) is 4.60. The molecule has 1 unspecified atom stereocenters. The van der Waals surface area contributed by atoms with Crippen LogP contribution < -0.4 is 15.4 Å². The number of amides is 2. The topological polar surface area (TPSA) is 105 Å². The van der Waals surface area contributed by atoms with Gasteiger partial charge in [-0.25, -0.2) is 0 Å². The van der Waals surface area contributed by atoms with Crippen LogP contribution in [0, 0.1) is 5.92 Å². The average Bonchev–Trinajstić information content (AvgIpc) is 2.65. The van der Waals surface area contributed by atoms with Gasteiger partial charge in [0.25, 0.3) is 0 Å². The van der Waals surface area contributed by atoms with Crippen molar-refractivity contribution in [2.24, 2.45) is 5.92 Å². The highest BCUT2D eigenvalue weighted by molar-refractivity contribution is 6.37. The molecular weight excluding hydrogens is 431 g/mol. The van der Waals surface area contributed by atoms with Gasteiger partial charge < -0.3 is 20.5 Å². The highest BCUT2D eigenvalue weighted by Crippen LogP contribution is 2.37. The van der Waals surface area contributed by atoms with Crippen LogP contribution in [0.2, 0.25) is 10.0 Å². The zero-order valence-electron chi connectivity index (χ0n) is 16.7. The van der Waals surface area contributed by atoms with E-state index in [1.165, 1.54) is 19.1 Å². The molecule has 0 bridgehead atoms. The number of hydrogen-bond acceptors (Lipinski definition) is 4. The van der Waals surface area contributed by atoms with Gasteiger partial charge in [-0.3, -0.25) is 14.4 Å². The Morgan fingerprint density at radius 2 is 1.60 bits per heavy atom. The van der Waals surface area contributed by atoms with Gasteiger partial charge in [0.05, 0.1) is 16.5 Å². The molecule has 2 amide bonds. The number of carboxylic acid groups (broad SMARTS) is 1. The third kappa shape index (κ3) is 6.64. The van der Waals surface area contributed by atoms with E-state index >= 15 is 0 Å². The van der Waals surface area contributed by atoms with Crippen LogP contribution in [0.3, 0.4) is 0 Å². The molecule has 7 nitrogen and oxygen atoms in total. The molecule has 2 aromatic rings. The minimum Gasteiger partial charge on any atom is -0.480 e. The molecule has 0 saturated carbocycles. The summed E-state index contributed by atoms with van der Waals surface area (Å²) in [5.74, 6) is -1.14. The number of nitrogens with one attached hydrogen (secondary N) is 2. The molecule has 2 aromatic carbocycles. The van der Waals surface area contributed by atoms with Crippen molar-refractivity contribution in [1.82, 2.24) is 5.32 Å². The second kappa shape index (κ2) is 10.3. The first-order valence-corrected chi connectivity index (χ1v) is 9.91. The first-order valence-electron chi connectivity index (χ1n) is 9.15. The Hall–Kier alpha value is -2.77. The SMILES string of the molecule is CC(C)C(=O)Nc1ccc(Oc2c(Cl)cc(CC(=O)NC(C)C(=O)O)cc2Cl)cc1. The largest absolute Gasteiger partial charge is 0.480 e. The second-order valence-electron chi connectivity index (χ2n) is 6.96. The van der Waals surface area contributed by atoms with Crippen LogP contribution in [-0.4, -0.2) is 28.9 Å². The molecule has 0 heterocycles. The lowest BCUT2D eigenvalue weighted by Gasteiger charge is -2.13. The highest BCUT2D eigenvalue weighted by Gasteiger charge is 2.17. The molecule has 0 spiro atoms. The molecule has 0 aromatic heterocycles. The molecule has 3 N–H and O–H groups in total. The molecule has 0 aliphatic carbocycles. The Kier molecular flexibility index (Phi) is 8.08. The predicted octanol–water partition coefficient (Wildman–Crippen LogP) is 4.51. The van der Waals surface area contributed by atoms with Crippen LogP contribution >= 0.6 is 23.2 Å². The van der Waals surface area contributed by atoms with Crippen molar-refractivity contribution in [1.29, 1.82) is 0 Å². The number of aliphatic carboxylic acids is 1. The van der Waals surface area contributed by atoms with Crippen LogP contribution in [0.5, 0.6) is 11.5 Å². The fourth-order valence-electron chi connectivity index (χ4n) is 2.36. The normalized spacial score (nSPS) is 11.7. The number of ether oxygens (including phenoxy) is 1. The van der Waals surface area contributed by atoms with Gasteiger partial charge in [0, 0.05) is 11.6 Å². The van der Waals surface area contributed by atoms with Crippen molar-refractivity contribution in [3.63, 3.8) is 0 Å². The van der Waals surface area contributed by atoms with E-state index < -0.39 is 17.9 Å². The standard InChI is InChI=1S/C21H22Cl2N2O5/c1-11(2)20(27)25-14-4-6-15(7-5-14)30-19-16(22)8-13(9-17(19)23)10-18(26)24-12(3)21(28)29/h4-9,11-12H,10H2,1-3H3,(H,24,26)(H,25,27)(H,28,29).